The summed E-state index contributed by atoms with van der Waals surface area (Å²) in [5, 5.41) is -2.16. The lowest BCUT2D eigenvalue weighted by atomic mass is 10.3. The second-order valence-corrected chi connectivity index (χ2v) is 8.70. The average molecular weight is 310 g/mol. The van der Waals surface area contributed by atoms with Gasteiger partial charge in [0.1, 0.15) is 0 Å². The van der Waals surface area contributed by atoms with Gasteiger partial charge in [-0.1, -0.05) is 6.08 Å². The predicted octanol–water partition coefficient (Wildman–Crippen LogP) is 0.139. The van der Waals surface area contributed by atoms with E-state index in [1.165, 1.54) is 0 Å². The van der Waals surface area contributed by atoms with Crippen LogP contribution in [0.5, 0.6) is 0 Å². The molecule has 0 aliphatic rings. The third-order valence-corrected chi connectivity index (χ3v) is 6.14. The fourth-order valence-corrected chi connectivity index (χ4v) is 3.95. The molecule has 0 amide bonds. The van der Waals surface area contributed by atoms with Crippen LogP contribution >= 0.6 is 22.8 Å². The van der Waals surface area contributed by atoms with Crippen molar-refractivity contribution in [1.82, 2.24) is 0 Å². The molecule has 0 rings (SSSR count). The first-order valence-corrected chi connectivity index (χ1v) is 9.22. The van der Waals surface area contributed by atoms with Gasteiger partial charge in [-0.25, -0.2) is 0 Å². The van der Waals surface area contributed by atoms with Gasteiger partial charge in [-0.15, -0.1) is 0 Å². The molecule has 0 atom stereocenters. The highest BCUT2D eigenvalue weighted by Gasteiger charge is 2.42. The molecule has 12 heteroatoms. The van der Waals surface area contributed by atoms with Gasteiger partial charge in [0.15, 0.2) is 5.40 Å². The van der Waals surface area contributed by atoms with Crippen LogP contribution < -0.4 is 0 Å². The Morgan fingerprint density at radius 1 is 0.882 bits per heavy atom. The Balaban J connectivity index is 4.63. The summed E-state index contributed by atoms with van der Waals surface area (Å²) in [6.45, 7) is 0. The van der Waals surface area contributed by atoms with Crippen LogP contribution in [0.25, 0.3) is 0 Å². The summed E-state index contributed by atoms with van der Waals surface area (Å²) in [7, 11) is -14.3. The van der Waals surface area contributed by atoms with Crippen molar-refractivity contribution < 1.29 is 43.1 Å². The predicted molar refractivity (Wildman–Crippen MR) is 58.3 cm³/mol. The van der Waals surface area contributed by atoms with Gasteiger partial charge in [0, 0.05) is 5.82 Å². The summed E-state index contributed by atoms with van der Waals surface area (Å²) in [5.41, 5.74) is 0. The monoisotopic (exact) mass is 310 g/mol. The normalized spacial score (nSPS) is 14.8. The summed E-state index contributed by atoms with van der Waals surface area (Å²) in [6.07, 6.45) is 0.0656. The molecule has 0 bridgehead atoms. The number of allylic oxidation sites excluding steroid dienone is 1. The molecule has 0 radical (unpaired) electrons. The van der Waals surface area contributed by atoms with E-state index in [2.05, 4.69) is 0 Å². The Kier molecular flexibility index (Phi) is 5.95. The van der Waals surface area contributed by atoms with Crippen molar-refractivity contribution >= 4 is 22.8 Å². The van der Waals surface area contributed by atoms with E-state index in [1.807, 2.05) is 0 Å². The molecule has 0 aromatic rings. The molecular weight excluding hydrogens is 297 g/mol. The second-order valence-electron chi connectivity index (χ2n) is 3.21. The zero-order valence-electron chi connectivity index (χ0n) is 8.40. The van der Waals surface area contributed by atoms with Gasteiger partial charge in [0.05, 0.1) is 0 Å². The Morgan fingerprint density at radius 2 is 1.29 bits per heavy atom. The van der Waals surface area contributed by atoms with Crippen LogP contribution in [0, 0.1) is 0 Å². The summed E-state index contributed by atoms with van der Waals surface area (Å²) >= 11 is 0. The maximum absolute atomic E-state index is 10.8. The van der Waals surface area contributed by atoms with Gasteiger partial charge < -0.3 is 29.4 Å². The van der Waals surface area contributed by atoms with E-state index in [9.17, 15) is 13.7 Å². The van der Waals surface area contributed by atoms with Gasteiger partial charge in [-0.05, 0) is 12.8 Å². The van der Waals surface area contributed by atoms with Gasteiger partial charge in [0.2, 0.25) is 0 Å². The van der Waals surface area contributed by atoms with Crippen LogP contribution in [-0.2, 0) is 13.7 Å². The topological polar surface area (TPSA) is 173 Å². The highest BCUT2D eigenvalue weighted by molar-refractivity contribution is 7.70. The Hall–Kier alpha value is 0.190. The minimum absolute atomic E-state index is 0.272. The highest BCUT2D eigenvalue weighted by atomic mass is 31.2. The first kappa shape index (κ1) is 17.2. The fraction of sp³-hybridized carbons (Fsp3) is 0.600. The second kappa shape index (κ2) is 5.89. The van der Waals surface area contributed by atoms with Gasteiger partial charge >= 0.3 is 22.8 Å². The molecule has 0 aliphatic heterocycles. The van der Waals surface area contributed by atoms with Crippen LogP contribution in [0.1, 0.15) is 12.8 Å². The largest absolute Gasteiger partial charge is 0.348 e. The minimum atomic E-state index is -4.97. The third kappa shape index (κ3) is 8.00. The Bertz CT molecular complexity index is 388. The number of hydrogen-bond donors (Lipinski definition) is 6. The molecule has 0 aliphatic carbocycles. The molecule has 17 heavy (non-hydrogen) atoms. The molecule has 9 nitrogen and oxygen atoms in total. The van der Waals surface area contributed by atoms with Crippen LogP contribution in [0.3, 0.4) is 0 Å². The van der Waals surface area contributed by atoms with Crippen molar-refractivity contribution in [3.8, 4) is 0 Å². The van der Waals surface area contributed by atoms with Crippen LogP contribution in [0.4, 0.5) is 0 Å². The van der Waals surface area contributed by atoms with Gasteiger partial charge in [-0.2, -0.15) is 0 Å². The summed E-state index contributed by atoms with van der Waals surface area (Å²) < 4.78 is 32.0. The van der Waals surface area contributed by atoms with E-state index in [1.54, 1.807) is 0 Å². The minimum Gasteiger partial charge on any atom is -0.324 e. The molecule has 0 fully saturated rings. The van der Waals surface area contributed by atoms with Crippen molar-refractivity contribution in [3.63, 3.8) is 0 Å². The smallest absolute Gasteiger partial charge is 0.324 e. The van der Waals surface area contributed by atoms with Crippen LogP contribution in [0.2, 0.25) is 0 Å². The molecule has 0 unspecified atom stereocenters. The zero-order valence-corrected chi connectivity index (χ0v) is 11.1. The Labute approximate surface area is 96.7 Å². The lowest BCUT2D eigenvalue weighted by Crippen LogP contribution is -2.08. The maximum atomic E-state index is 10.8. The van der Waals surface area contributed by atoms with Crippen molar-refractivity contribution in [2.45, 2.75) is 18.2 Å². The summed E-state index contributed by atoms with van der Waals surface area (Å²) in [6, 6.07) is 0. The standard InChI is InChI=1S/C5H13O9P3/c6-15(7,8)4-2-1-3-5(16(9,10)11)17(12,13)14/h2,4-5H,1,3H2,(H2,6,7,8)(H2,9,10,11)(H2,12,13,14). The van der Waals surface area contributed by atoms with Crippen LogP contribution in [0.15, 0.2) is 11.9 Å². The lowest BCUT2D eigenvalue weighted by Gasteiger charge is -2.18. The van der Waals surface area contributed by atoms with Crippen molar-refractivity contribution in [2.24, 2.45) is 0 Å². The molecule has 0 saturated carbocycles. The van der Waals surface area contributed by atoms with E-state index >= 15 is 0 Å². The number of rotatable bonds is 6. The molecule has 0 heterocycles. The quantitative estimate of drug-likeness (QED) is 0.373. The summed E-state index contributed by atoms with van der Waals surface area (Å²) in [4.78, 5) is 51.7. The highest BCUT2D eigenvalue weighted by Crippen LogP contribution is 2.61. The van der Waals surface area contributed by atoms with Gasteiger partial charge in [-0.3, -0.25) is 13.7 Å². The fourth-order valence-electron chi connectivity index (χ4n) is 0.989. The molecule has 0 aromatic carbocycles. The molecule has 102 valence electrons. The molecule has 6 N–H and O–H groups in total. The zero-order chi connectivity index (χ0) is 13.9. The number of hydrogen-bond acceptors (Lipinski definition) is 3. The molecule has 0 saturated heterocycles. The van der Waals surface area contributed by atoms with Gasteiger partial charge in [0.25, 0.3) is 0 Å². The van der Waals surface area contributed by atoms with E-state index in [-0.39, 0.29) is 6.42 Å². The lowest BCUT2D eigenvalue weighted by molar-refractivity contribution is 0.335. The van der Waals surface area contributed by atoms with Crippen molar-refractivity contribution in [3.05, 3.63) is 11.9 Å². The van der Waals surface area contributed by atoms with Crippen molar-refractivity contribution in [1.29, 1.82) is 0 Å². The van der Waals surface area contributed by atoms with E-state index < -0.39 is 34.6 Å². The Morgan fingerprint density at radius 3 is 1.59 bits per heavy atom. The first-order valence-electron chi connectivity index (χ1n) is 4.17. The molecular formula is C5H13O9P3. The first-order chi connectivity index (χ1) is 7.34. The molecule has 0 aromatic heterocycles. The molecule has 0 spiro atoms. The maximum Gasteiger partial charge on any atom is 0.348 e. The summed E-state index contributed by atoms with van der Waals surface area (Å²) in [5.74, 6) is 0.503. The van der Waals surface area contributed by atoms with E-state index in [0.717, 1.165) is 6.08 Å². The van der Waals surface area contributed by atoms with Crippen molar-refractivity contribution in [2.75, 3.05) is 0 Å². The van der Waals surface area contributed by atoms with Crippen LogP contribution in [-0.4, -0.2) is 34.8 Å². The van der Waals surface area contributed by atoms with E-state index in [0.29, 0.717) is 5.82 Å². The third-order valence-electron chi connectivity index (χ3n) is 1.67. The SMILES string of the molecule is O=P(O)(O)C=CCCC(P(=O)(O)O)P(=O)(O)O. The average Bonchev–Trinajstić information content (AvgIpc) is 1.95. The van der Waals surface area contributed by atoms with E-state index in [4.69, 9.17) is 29.4 Å².